The van der Waals surface area contributed by atoms with Gasteiger partial charge in [-0.3, -0.25) is 4.99 Å². The van der Waals surface area contributed by atoms with Gasteiger partial charge in [0.1, 0.15) is 5.82 Å². The molecular formula is C18H27FIN5. The molecule has 0 saturated heterocycles. The lowest BCUT2D eigenvalue weighted by molar-refractivity contribution is 0.624. The van der Waals surface area contributed by atoms with Gasteiger partial charge in [-0.2, -0.15) is 5.10 Å². The smallest absolute Gasteiger partial charge is 0.191 e. The molecule has 0 aliphatic rings. The van der Waals surface area contributed by atoms with Crippen LogP contribution in [0.2, 0.25) is 0 Å². The minimum atomic E-state index is -0.245. The first-order valence-corrected chi connectivity index (χ1v) is 8.47. The second-order valence-electron chi connectivity index (χ2n) is 5.69. The van der Waals surface area contributed by atoms with E-state index in [1.807, 2.05) is 12.3 Å². The van der Waals surface area contributed by atoms with E-state index < -0.39 is 0 Å². The molecule has 1 atom stereocenters. The zero-order valence-corrected chi connectivity index (χ0v) is 17.3. The number of nitrogens with one attached hydrogen (secondary N) is 2. The normalized spacial score (nSPS) is 12.4. The molecule has 5 nitrogen and oxygen atoms in total. The van der Waals surface area contributed by atoms with Crippen LogP contribution in [0.3, 0.4) is 0 Å². The Bertz CT molecular complexity index is 654. The van der Waals surface area contributed by atoms with E-state index in [0.29, 0.717) is 12.6 Å². The summed E-state index contributed by atoms with van der Waals surface area (Å²) in [6.07, 6.45) is 3.69. The summed E-state index contributed by atoms with van der Waals surface area (Å²) in [5, 5.41) is 11.1. The van der Waals surface area contributed by atoms with Crippen LogP contribution in [0.1, 0.15) is 32.9 Å². The monoisotopic (exact) mass is 459 g/mol. The summed E-state index contributed by atoms with van der Waals surface area (Å²) in [5.74, 6) is 0.593. The molecule has 0 bridgehead atoms. The second-order valence-corrected chi connectivity index (χ2v) is 5.69. The lowest BCUT2D eigenvalue weighted by atomic mass is 10.3. The summed E-state index contributed by atoms with van der Waals surface area (Å²) in [5.41, 5.74) is 1.81. The number of guanidine groups is 1. The molecule has 0 amide bonds. The Balaban J connectivity index is 0.00000312. The minimum absolute atomic E-state index is 0. The number of hydrogen-bond donors (Lipinski definition) is 2. The fourth-order valence-electron chi connectivity index (χ4n) is 2.17. The standard InChI is InChI=1S/C18H26FN5.HI/c1-4-14(3)22-18(20-5-2)21-12-10-16-11-13-24(23-16)17-8-6-15(19)7-9-17;/h6-9,11,13-14H,4-5,10,12H2,1-3H3,(H2,20,21,22);1H. The van der Waals surface area contributed by atoms with E-state index in [2.05, 4.69) is 41.5 Å². The van der Waals surface area contributed by atoms with Gasteiger partial charge in [-0.1, -0.05) is 6.92 Å². The number of aliphatic imine (C=N–C) groups is 1. The van der Waals surface area contributed by atoms with E-state index in [0.717, 1.165) is 36.7 Å². The molecule has 0 radical (unpaired) electrons. The molecule has 25 heavy (non-hydrogen) atoms. The summed E-state index contributed by atoms with van der Waals surface area (Å²) >= 11 is 0. The lowest BCUT2D eigenvalue weighted by Gasteiger charge is -2.15. The predicted molar refractivity (Wildman–Crippen MR) is 112 cm³/mol. The van der Waals surface area contributed by atoms with Crippen LogP contribution >= 0.6 is 24.0 Å². The van der Waals surface area contributed by atoms with Crippen molar-refractivity contribution in [2.24, 2.45) is 4.99 Å². The first-order chi connectivity index (χ1) is 11.6. The van der Waals surface area contributed by atoms with Crippen molar-refractivity contribution in [3.8, 4) is 5.69 Å². The number of benzene rings is 1. The van der Waals surface area contributed by atoms with Crippen molar-refractivity contribution in [2.45, 2.75) is 39.7 Å². The van der Waals surface area contributed by atoms with Crippen molar-refractivity contribution in [3.05, 3.63) is 48.0 Å². The Hall–Kier alpha value is -1.64. The number of rotatable bonds is 7. The van der Waals surface area contributed by atoms with Crippen LogP contribution in [0.5, 0.6) is 0 Å². The van der Waals surface area contributed by atoms with Gasteiger partial charge in [-0.15, -0.1) is 24.0 Å². The average Bonchev–Trinajstić information content (AvgIpc) is 3.04. The van der Waals surface area contributed by atoms with Crippen molar-refractivity contribution in [2.75, 3.05) is 13.1 Å². The van der Waals surface area contributed by atoms with Crippen LogP contribution < -0.4 is 10.6 Å². The summed E-state index contributed by atoms with van der Waals surface area (Å²) < 4.78 is 14.7. The molecule has 0 aliphatic carbocycles. The van der Waals surface area contributed by atoms with Crippen molar-refractivity contribution in [3.63, 3.8) is 0 Å². The van der Waals surface area contributed by atoms with Gasteiger partial charge in [-0.05, 0) is 50.6 Å². The fraction of sp³-hybridized carbons (Fsp3) is 0.444. The largest absolute Gasteiger partial charge is 0.357 e. The quantitative estimate of drug-likeness (QED) is 0.379. The van der Waals surface area contributed by atoms with E-state index in [-0.39, 0.29) is 29.8 Å². The highest BCUT2D eigenvalue weighted by Crippen LogP contribution is 2.09. The summed E-state index contributed by atoms with van der Waals surface area (Å²) in [4.78, 5) is 4.59. The van der Waals surface area contributed by atoms with Crippen LogP contribution in [0.15, 0.2) is 41.5 Å². The Morgan fingerprint density at radius 3 is 2.60 bits per heavy atom. The second kappa shape index (κ2) is 11.1. The van der Waals surface area contributed by atoms with E-state index in [4.69, 9.17) is 0 Å². The highest BCUT2D eigenvalue weighted by molar-refractivity contribution is 14.0. The van der Waals surface area contributed by atoms with Crippen LogP contribution in [-0.2, 0) is 6.42 Å². The Labute approximate surface area is 166 Å². The number of halogens is 2. The third kappa shape index (κ3) is 7.01. The van der Waals surface area contributed by atoms with Gasteiger partial charge in [-0.25, -0.2) is 9.07 Å². The Morgan fingerprint density at radius 1 is 1.24 bits per heavy atom. The van der Waals surface area contributed by atoms with Gasteiger partial charge < -0.3 is 10.6 Å². The van der Waals surface area contributed by atoms with E-state index >= 15 is 0 Å². The van der Waals surface area contributed by atoms with Gasteiger partial charge in [0.2, 0.25) is 0 Å². The van der Waals surface area contributed by atoms with Crippen molar-refractivity contribution in [1.82, 2.24) is 20.4 Å². The highest BCUT2D eigenvalue weighted by Gasteiger charge is 2.04. The predicted octanol–water partition coefficient (Wildman–Crippen LogP) is 3.53. The maximum atomic E-state index is 13.0. The number of aromatic nitrogens is 2. The van der Waals surface area contributed by atoms with Crippen molar-refractivity contribution < 1.29 is 4.39 Å². The van der Waals surface area contributed by atoms with Crippen molar-refractivity contribution >= 4 is 29.9 Å². The fourth-order valence-corrected chi connectivity index (χ4v) is 2.17. The van der Waals surface area contributed by atoms with E-state index in [1.165, 1.54) is 12.1 Å². The molecule has 138 valence electrons. The highest BCUT2D eigenvalue weighted by atomic mass is 127. The minimum Gasteiger partial charge on any atom is -0.357 e. The maximum Gasteiger partial charge on any atom is 0.191 e. The molecule has 1 aromatic carbocycles. The topological polar surface area (TPSA) is 54.2 Å². The first kappa shape index (κ1) is 21.4. The molecule has 1 unspecified atom stereocenters. The maximum absolute atomic E-state index is 13.0. The molecule has 0 aliphatic heterocycles. The summed E-state index contributed by atoms with van der Waals surface area (Å²) in [6.45, 7) is 7.83. The van der Waals surface area contributed by atoms with Gasteiger partial charge in [0, 0.05) is 31.7 Å². The molecule has 7 heteroatoms. The van der Waals surface area contributed by atoms with Gasteiger partial charge >= 0.3 is 0 Å². The van der Waals surface area contributed by atoms with E-state index in [9.17, 15) is 4.39 Å². The molecule has 2 rings (SSSR count). The third-order valence-corrected chi connectivity index (χ3v) is 3.71. The van der Waals surface area contributed by atoms with Gasteiger partial charge in [0.15, 0.2) is 5.96 Å². The molecule has 0 saturated carbocycles. The molecular weight excluding hydrogens is 432 g/mol. The molecule has 2 aromatic rings. The SMILES string of the molecule is CCNC(=NCCc1ccn(-c2ccc(F)cc2)n1)NC(C)CC.I. The molecule has 0 fully saturated rings. The summed E-state index contributed by atoms with van der Waals surface area (Å²) in [6, 6.07) is 8.65. The summed E-state index contributed by atoms with van der Waals surface area (Å²) in [7, 11) is 0. The van der Waals surface area contributed by atoms with Crippen LogP contribution in [0.25, 0.3) is 5.69 Å². The average molecular weight is 459 g/mol. The zero-order chi connectivity index (χ0) is 17.4. The lowest BCUT2D eigenvalue weighted by Crippen LogP contribution is -2.42. The van der Waals surface area contributed by atoms with Gasteiger partial charge in [0.25, 0.3) is 0 Å². The molecule has 1 heterocycles. The zero-order valence-electron chi connectivity index (χ0n) is 15.0. The van der Waals surface area contributed by atoms with Crippen LogP contribution in [-0.4, -0.2) is 34.9 Å². The Morgan fingerprint density at radius 2 is 1.96 bits per heavy atom. The number of hydrogen-bond acceptors (Lipinski definition) is 2. The van der Waals surface area contributed by atoms with Crippen molar-refractivity contribution in [1.29, 1.82) is 0 Å². The van der Waals surface area contributed by atoms with Crippen LogP contribution in [0.4, 0.5) is 4.39 Å². The Kier molecular flexibility index (Phi) is 9.48. The van der Waals surface area contributed by atoms with E-state index in [1.54, 1.807) is 16.8 Å². The third-order valence-electron chi connectivity index (χ3n) is 3.71. The number of nitrogens with zero attached hydrogens (tertiary/aromatic N) is 3. The molecule has 0 spiro atoms. The molecule has 2 N–H and O–H groups in total. The molecule has 1 aromatic heterocycles. The van der Waals surface area contributed by atoms with Gasteiger partial charge in [0.05, 0.1) is 11.4 Å². The first-order valence-electron chi connectivity index (χ1n) is 8.47. The van der Waals surface area contributed by atoms with Crippen LogP contribution in [0, 0.1) is 5.82 Å².